The van der Waals surface area contributed by atoms with Crippen LogP contribution in [0.5, 0.6) is 0 Å². The average Bonchev–Trinajstić information content (AvgIpc) is 2.69. The number of anilines is 1. The highest BCUT2D eigenvalue weighted by Gasteiger charge is 2.17. The molecule has 1 fully saturated rings. The molecule has 1 aromatic heterocycles. The number of aromatic nitrogens is 1. The summed E-state index contributed by atoms with van der Waals surface area (Å²) in [7, 11) is 0. The first-order valence-corrected chi connectivity index (χ1v) is 7.90. The summed E-state index contributed by atoms with van der Waals surface area (Å²) in [6, 6.07) is 0. The molecule has 0 amide bonds. The van der Waals surface area contributed by atoms with Crippen LogP contribution < -0.4 is 5.32 Å². The van der Waals surface area contributed by atoms with Crippen LogP contribution in [0.25, 0.3) is 0 Å². The molecule has 2 rings (SSSR count). The van der Waals surface area contributed by atoms with Gasteiger partial charge in [0.05, 0.1) is 11.3 Å². The van der Waals surface area contributed by atoms with E-state index in [2.05, 4.69) is 9.69 Å². The van der Waals surface area contributed by atoms with Gasteiger partial charge in [-0.15, -0.1) is 0 Å². The number of carbonyl (C=O) groups excluding carboxylic acids is 1. The molecule has 1 saturated heterocycles. The maximum atomic E-state index is 11.5. The van der Waals surface area contributed by atoms with E-state index in [1.165, 1.54) is 35.9 Å². The minimum absolute atomic E-state index is 0.109. The second kappa shape index (κ2) is 5.87. The molecule has 0 aromatic carbocycles. The predicted molar refractivity (Wildman–Crippen MR) is 75.4 cm³/mol. The Morgan fingerprint density at radius 1 is 1.47 bits per heavy atom. The van der Waals surface area contributed by atoms with Crippen molar-refractivity contribution in [2.24, 2.45) is 5.92 Å². The van der Waals surface area contributed by atoms with Gasteiger partial charge in [-0.1, -0.05) is 0 Å². The zero-order chi connectivity index (χ0) is 12.3. The van der Waals surface area contributed by atoms with E-state index in [1.807, 2.05) is 18.7 Å². The second-order valence-electron chi connectivity index (χ2n) is 4.46. The fourth-order valence-electron chi connectivity index (χ4n) is 2.09. The van der Waals surface area contributed by atoms with Crippen LogP contribution in [0, 0.1) is 12.8 Å². The summed E-state index contributed by atoms with van der Waals surface area (Å²) in [4.78, 5) is 11.5. The van der Waals surface area contributed by atoms with Crippen molar-refractivity contribution in [1.29, 1.82) is 0 Å². The normalized spacial score (nSPS) is 17.1. The van der Waals surface area contributed by atoms with Crippen molar-refractivity contribution < 1.29 is 4.79 Å². The van der Waals surface area contributed by atoms with Crippen molar-refractivity contribution in [1.82, 2.24) is 4.37 Å². The first kappa shape index (κ1) is 12.9. The number of ketones is 1. The average molecular weight is 270 g/mol. The maximum Gasteiger partial charge on any atom is 0.164 e. The molecule has 94 valence electrons. The molecule has 1 aromatic rings. The Balaban J connectivity index is 1.96. The molecule has 1 aliphatic rings. The zero-order valence-corrected chi connectivity index (χ0v) is 11.9. The smallest absolute Gasteiger partial charge is 0.164 e. The lowest BCUT2D eigenvalue weighted by molar-refractivity contribution is 0.101. The lowest BCUT2D eigenvalue weighted by Gasteiger charge is -2.21. The topological polar surface area (TPSA) is 42.0 Å². The van der Waals surface area contributed by atoms with E-state index in [-0.39, 0.29) is 5.78 Å². The SMILES string of the molecule is CC(=O)c1c(C)nsc1NCC1CCSCC1. The lowest BCUT2D eigenvalue weighted by Crippen LogP contribution is -2.19. The number of aryl methyl sites for hydroxylation is 1. The number of hydrogen-bond donors (Lipinski definition) is 1. The minimum Gasteiger partial charge on any atom is -0.375 e. The van der Waals surface area contributed by atoms with E-state index in [0.717, 1.165) is 28.7 Å². The van der Waals surface area contributed by atoms with Gasteiger partial charge in [0.2, 0.25) is 0 Å². The minimum atomic E-state index is 0.109. The Morgan fingerprint density at radius 2 is 2.18 bits per heavy atom. The van der Waals surface area contributed by atoms with Gasteiger partial charge in [0.1, 0.15) is 5.00 Å². The Morgan fingerprint density at radius 3 is 2.82 bits per heavy atom. The van der Waals surface area contributed by atoms with Gasteiger partial charge in [-0.3, -0.25) is 4.79 Å². The summed E-state index contributed by atoms with van der Waals surface area (Å²) >= 11 is 3.45. The van der Waals surface area contributed by atoms with Crippen LogP contribution in [-0.2, 0) is 0 Å². The van der Waals surface area contributed by atoms with Crippen molar-refractivity contribution in [3.63, 3.8) is 0 Å². The van der Waals surface area contributed by atoms with E-state index in [1.54, 1.807) is 6.92 Å². The Kier molecular flexibility index (Phi) is 4.45. The molecule has 17 heavy (non-hydrogen) atoms. The third-order valence-corrected chi connectivity index (χ3v) is 5.05. The van der Waals surface area contributed by atoms with E-state index < -0.39 is 0 Å². The van der Waals surface area contributed by atoms with E-state index in [9.17, 15) is 4.79 Å². The van der Waals surface area contributed by atoms with Gasteiger partial charge < -0.3 is 5.32 Å². The van der Waals surface area contributed by atoms with Gasteiger partial charge in [0, 0.05) is 6.54 Å². The number of nitrogens with one attached hydrogen (secondary N) is 1. The van der Waals surface area contributed by atoms with Crippen LogP contribution in [0.4, 0.5) is 5.00 Å². The van der Waals surface area contributed by atoms with Gasteiger partial charge in [0.15, 0.2) is 5.78 Å². The first-order chi connectivity index (χ1) is 8.18. The molecule has 0 bridgehead atoms. The standard InChI is InChI=1S/C12H18N2OS2/c1-8-11(9(2)15)12(17-14-8)13-7-10-3-5-16-6-4-10/h10,13H,3-7H2,1-2H3. The van der Waals surface area contributed by atoms with Gasteiger partial charge in [-0.05, 0) is 55.6 Å². The van der Waals surface area contributed by atoms with Crippen molar-refractivity contribution in [3.8, 4) is 0 Å². The zero-order valence-electron chi connectivity index (χ0n) is 10.3. The third kappa shape index (κ3) is 3.22. The predicted octanol–water partition coefficient (Wildman–Crippen LogP) is 3.21. The van der Waals surface area contributed by atoms with Crippen LogP contribution >= 0.6 is 23.3 Å². The quantitative estimate of drug-likeness (QED) is 0.853. The molecular formula is C12H18N2OS2. The third-order valence-electron chi connectivity index (χ3n) is 3.11. The molecule has 0 aliphatic carbocycles. The number of rotatable bonds is 4. The number of hydrogen-bond acceptors (Lipinski definition) is 5. The highest BCUT2D eigenvalue weighted by molar-refractivity contribution is 7.99. The van der Waals surface area contributed by atoms with Crippen molar-refractivity contribution in [3.05, 3.63) is 11.3 Å². The van der Waals surface area contributed by atoms with Crippen molar-refractivity contribution >= 4 is 34.1 Å². The summed E-state index contributed by atoms with van der Waals surface area (Å²) in [5.74, 6) is 3.40. The molecule has 0 saturated carbocycles. The van der Waals surface area contributed by atoms with Gasteiger partial charge in [0.25, 0.3) is 0 Å². The molecule has 1 N–H and O–H groups in total. The summed E-state index contributed by atoms with van der Waals surface area (Å²) in [6.07, 6.45) is 2.57. The Hall–Kier alpha value is -0.550. The van der Waals surface area contributed by atoms with Crippen molar-refractivity contribution in [2.45, 2.75) is 26.7 Å². The maximum absolute atomic E-state index is 11.5. The van der Waals surface area contributed by atoms with E-state index >= 15 is 0 Å². The summed E-state index contributed by atoms with van der Waals surface area (Å²) < 4.78 is 4.26. The summed E-state index contributed by atoms with van der Waals surface area (Å²) in [6.45, 7) is 4.48. The molecule has 2 heterocycles. The molecule has 0 spiro atoms. The Labute approximate surface area is 111 Å². The van der Waals surface area contributed by atoms with Gasteiger partial charge >= 0.3 is 0 Å². The second-order valence-corrected chi connectivity index (χ2v) is 6.46. The van der Waals surface area contributed by atoms with Crippen LogP contribution in [0.3, 0.4) is 0 Å². The van der Waals surface area contributed by atoms with Gasteiger partial charge in [-0.25, -0.2) is 0 Å². The lowest BCUT2D eigenvalue weighted by atomic mass is 10.0. The molecule has 0 radical (unpaired) electrons. The Bertz CT molecular complexity index is 397. The highest BCUT2D eigenvalue weighted by atomic mass is 32.2. The molecular weight excluding hydrogens is 252 g/mol. The highest BCUT2D eigenvalue weighted by Crippen LogP contribution is 2.27. The van der Waals surface area contributed by atoms with Gasteiger partial charge in [-0.2, -0.15) is 16.1 Å². The van der Waals surface area contributed by atoms with Crippen LogP contribution in [0.1, 0.15) is 35.8 Å². The fourth-order valence-corrected chi connectivity index (χ4v) is 4.15. The first-order valence-electron chi connectivity index (χ1n) is 5.97. The number of nitrogens with zero attached hydrogens (tertiary/aromatic N) is 1. The monoisotopic (exact) mass is 270 g/mol. The molecule has 3 nitrogen and oxygen atoms in total. The van der Waals surface area contributed by atoms with Crippen molar-refractivity contribution in [2.75, 3.05) is 23.4 Å². The molecule has 5 heteroatoms. The molecule has 0 atom stereocenters. The molecule has 1 aliphatic heterocycles. The molecule has 0 unspecified atom stereocenters. The summed E-state index contributed by atoms with van der Waals surface area (Å²) in [5.41, 5.74) is 1.63. The van der Waals surface area contributed by atoms with Crippen LogP contribution in [0.15, 0.2) is 0 Å². The van der Waals surface area contributed by atoms with E-state index in [0.29, 0.717) is 0 Å². The number of carbonyl (C=O) groups is 1. The number of thioether (sulfide) groups is 1. The summed E-state index contributed by atoms with van der Waals surface area (Å²) in [5, 5.41) is 4.36. The number of Topliss-reactive ketones (excluding diaryl/α,β-unsaturated/α-hetero) is 1. The largest absolute Gasteiger partial charge is 0.375 e. The van der Waals surface area contributed by atoms with Crippen LogP contribution in [0.2, 0.25) is 0 Å². The fraction of sp³-hybridized carbons (Fsp3) is 0.667. The van der Waals surface area contributed by atoms with Crippen LogP contribution in [-0.4, -0.2) is 28.2 Å². The van der Waals surface area contributed by atoms with E-state index in [4.69, 9.17) is 0 Å².